The first kappa shape index (κ1) is 13.1. The minimum absolute atomic E-state index is 0.130. The van der Waals surface area contributed by atoms with Crippen LogP contribution in [0.25, 0.3) is 0 Å². The molecule has 0 unspecified atom stereocenters. The molecule has 0 radical (unpaired) electrons. The minimum Gasteiger partial charge on any atom is -0.469 e. The third kappa shape index (κ3) is 2.13. The van der Waals surface area contributed by atoms with E-state index in [9.17, 15) is 4.79 Å². The molecular formula is C17H19NO2S. The van der Waals surface area contributed by atoms with Crippen molar-refractivity contribution in [1.82, 2.24) is 4.90 Å². The van der Waals surface area contributed by atoms with Crippen molar-refractivity contribution in [3.63, 3.8) is 0 Å². The first-order valence-corrected chi connectivity index (χ1v) is 8.57. The lowest BCUT2D eigenvalue weighted by atomic mass is 9.97. The number of hydrogen-bond acceptors (Lipinski definition) is 3. The number of nitrogens with zero attached hydrogens (tertiary/aromatic N) is 1. The van der Waals surface area contributed by atoms with Crippen LogP contribution in [-0.2, 0) is 11.2 Å². The summed E-state index contributed by atoms with van der Waals surface area (Å²) in [6.45, 7) is 3.04. The highest BCUT2D eigenvalue weighted by molar-refractivity contribution is 7.10. The van der Waals surface area contributed by atoms with E-state index in [1.807, 2.05) is 23.5 Å². The molecule has 4 rings (SSSR count). The fourth-order valence-electron chi connectivity index (χ4n) is 3.60. The van der Waals surface area contributed by atoms with Gasteiger partial charge in [0, 0.05) is 23.3 Å². The van der Waals surface area contributed by atoms with E-state index in [0.29, 0.717) is 11.8 Å². The SMILES string of the molecule is CC[C@@H]1c2ccsc2CCN1C(=O)[C@@H]1C[C@@H]1c1ccco1. The summed E-state index contributed by atoms with van der Waals surface area (Å²) in [5, 5.41) is 2.16. The Hall–Kier alpha value is -1.55. The van der Waals surface area contributed by atoms with Crippen molar-refractivity contribution in [1.29, 1.82) is 0 Å². The Balaban J connectivity index is 1.53. The van der Waals surface area contributed by atoms with Crippen LogP contribution in [0.1, 0.15) is 47.9 Å². The number of amides is 1. The molecule has 1 fully saturated rings. The van der Waals surface area contributed by atoms with Gasteiger partial charge in [0.25, 0.3) is 0 Å². The molecule has 3 nitrogen and oxygen atoms in total. The van der Waals surface area contributed by atoms with Gasteiger partial charge < -0.3 is 9.32 Å². The van der Waals surface area contributed by atoms with Gasteiger partial charge in [0.15, 0.2) is 0 Å². The van der Waals surface area contributed by atoms with E-state index in [0.717, 1.165) is 31.6 Å². The highest BCUT2D eigenvalue weighted by Gasteiger charge is 2.49. The van der Waals surface area contributed by atoms with Crippen molar-refractivity contribution in [2.45, 2.75) is 38.1 Å². The van der Waals surface area contributed by atoms with Crippen LogP contribution in [0.2, 0.25) is 0 Å². The Labute approximate surface area is 128 Å². The summed E-state index contributed by atoms with van der Waals surface area (Å²) in [6, 6.07) is 6.36. The molecule has 0 saturated heterocycles. The van der Waals surface area contributed by atoms with E-state index in [1.54, 1.807) is 6.26 Å². The molecule has 1 aliphatic heterocycles. The highest BCUT2D eigenvalue weighted by atomic mass is 32.1. The van der Waals surface area contributed by atoms with Crippen LogP contribution in [0.5, 0.6) is 0 Å². The van der Waals surface area contributed by atoms with Crippen LogP contribution < -0.4 is 0 Å². The van der Waals surface area contributed by atoms with Crippen LogP contribution in [0.4, 0.5) is 0 Å². The molecule has 110 valence electrons. The number of rotatable bonds is 3. The monoisotopic (exact) mass is 301 g/mol. The lowest BCUT2D eigenvalue weighted by Crippen LogP contribution is -2.40. The third-order valence-electron chi connectivity index (χ3n) is 4.78. The zero-order valence-corrected chi connectivity index (χ0v) is 12.9. The normalized spacial score (nSPS) is 27.5. The van der Waals surface area contributed by atoms with Crippen molar-refractivity contribution in [3.05, 3.63) is 46.0 Å². The van der Waals surface area contributed by atoms with Gasteiger partial charge in [-0.05, 0) is 48.4 Å². The number of thiophene rings is 1. The van der Waals surface area contributed by atoms with Crippen LogP contribution in [0.15, 0.2) is 34.3 Å². The van der Waals surface area contributed by atoms with Crippen molar-refractivity contribution in [2.24, 2.45) is 5.92 Å². The van der Waals surface area contributed by atoms with Gasteiger partial charge in [0.05, 0.1) is 12.3 Å². The van der Waals surface area contributed by atoms with E-state index < -0.39 is 0 Å². The van der Waals surface area contributed by atoms with E-state index >= 15 is 0 Å². The molecule has 4 heteroatoms. The molecule has 3 atom stereocenters. The van der Waals surface area contributed by atoms with Crippen molar-refractivity contribution < 1.29 is 9.21 Å². The lowest BCUT2D eigenvalue weighted by molar-refractivity contribution is -0.135. The molecule has 2 aliphatic rings. The summed E-state index contributed by atoms with van der Waals surface area (Å²) in [5.41, 5.74) is 1.37. The molecule has 1 amide bonds. The van der Waals surface area contributed by atoms with E-state index in [4.69, 9.17) is 4.42 Å². The number of hydrogen-bond donors (Lipinski definition) is 0. The predicted molar refractivity (Wildman–Crippen MR) is 82.3 cm³/mol. The Morgan fingerprint density at radius 3 is 3.14 bits per heavy atom. The van der Waals surface area contributed by atoms with Crippen LogP contribution >= 0.6 is 11.3 Å². The molecule has 0 spiro atoms. The molecule has 3 heterocycles. The Bertz CT molecular complexity index is 646. The van der Waals surface area contributed by atoms with Gasteiger partial charge in [0.1, 0.15) is 5.76 Å². The third-order valence-corrected chi connectivity index (χ3v) is 5.78. The van der Waals surface area contributed by atoms with Gasteiger partial charge in [-0.1, -0.05) is 6.92 Å². The average Bonchev–Trinajstić information content (AvgIpc) is 2.94. The maximum atomic E-state index is 12.9. The van der Waals surface area contributed by atoms with Crippen LogP contribution in [-0.4, -0.2) is 17.4 Å². The molecule has 0 aromatic carbocycles. The first-order valence-electron chi connectivity index (χ1n) is 7.69. The second-order valence-electron chi connectivity index (χ2n) is 5.97. The number of furan rings is 1. The fourth-order valence-corrected chi connectivity index (χ4v) is 4.53. The molecule has 2 aromatic rings. The van der Waals surface area contributed by atoms with Gasteiger partial charge in [-0.15, -0.1) is 11.3 Å². The molecule has 1 saturated carbocycles. The van der Waals surface area contributed by atoms with E-state index in [2.05, 4.69) is 23.3 Å². The summed E-state index contributed by atoms with van der Waals surface area (Å²) >= 11 is 1.83. The zero-order valence-electron chi connectivity index (χ0n) is 12.1. The fraction of sp³-hybridized carbons (Fsp3) is 0.471. The van der Waals surface area contributed by atoms with Gasteiger partial charge in [-0.25, -0.2) is 0 Å². The van der Waals surface area contributed by atoms with Crippen molar-refractivity contribution in [3.8, 4) is 0 Å². The standard InChI is InChI=1S/C17H19NO2S/c1-2-14-11-6-9-21-16(11)5-7-18(14)17(19)13-10-12(13)15-4-3-8-20-15/h3-4,6,8-9,12-14H,2,5,7,10H2,1H3/t12-,13+,14+/m0/s1. The van der Waals surface area contributed by atoms with Crippen molar-refractivity contribution in [2.75, 3.05) is 6.54 Å². The minimum atomic E-state index is 0.130. The van der Waals surface area contributed by atoms with Gasteiger partial charge in [0.2, 0.25) is 5.91 Å². The van der Waals surface area contributed by atoms with Gasteiger partial charge in [-0.2, -0.15) is 0 Å². The summed E-state index contributed by atoms with van der Waals surface area (Å²) in [6.07, 6.45) is 4.64. The molecule has 21 heavy (non-hydrogen) atoms. The van der Waals surface area contributed by atoms with E-state index in [-0.39, 0.29) is 12.0 Å². The molecule has 1 aliphatic carbocycles. The second kappa shape index (κ2) is 5.02. The summed E-state index contributed by atoms with van der Waals surface area (Å²) in [7, 11) is 0. The average molecular weight is 301 g/mol. The first-order chi connectivity index (χ1) is 10.3. The maximum absolute atomic E-state index is 12.9. The Kier molecular flexibility index (Phi) is 3.14. The number of carbonyl (C=O) groups excluding carboxylic acids is 1. The van der Waals surface area contributed by atoms with E-state index in [1.165, 1.54) is 10.4 Å². The topological polar surface area (TPSA) is 33.5 Å². The molecule has 0 N–H and O–H groups in total. The molecule has 0 bridgehead atoms. The lowest BCUT2D eigenvalue weighted by Gasteiger charge is -2.35. The van der Waals surface area contributed by atoms with Crippen LogP contribution in [0, 0.1) is 5.92 Å². The Morgan fingerprint density at radius 2 is 2.38 bits per heavy atom. The zero-order chi connectivity index (χ0) is 14.4. The van der Waals surface area contributed by atoms with Crippen molar-refractivity contribution >= 4 is 17.2 Å². The Morgan fingerprint density at radius 1 is 1.48 bits per heavy atom. The highest BCUT2D eigenvalue weighted by Crippen LogP contribution is 2.50. The number of fused-ring (bicyclic) bond motifs is 1. The quantitative estimate of drug-likeness (QED) is 0.859. The summed E-state index contributed by atoms with van der Waals surface area (Å²) in [5.74, 6) is 1.72. The largest absolute Gasteiger partial charge is 0.469 e. The molecular weight excluding hydrogens is 282 g/mol. The second-order valence-corrected chi connectivity index (χ2v) is 6.97. The smallest absolute Gasteiger partial charge is 0.226 e. The van der Waals surface area contributed by atoms with Gasteiger partial charge >= 0.3 is 0 Å². The number of carbonyl (C=O) groups is 1. The predicted octanol–water partition coefficient (Wildman–Crippen LogP) is 3.98. The van der Waals surface area contributed by atoms with Crippen LogP contribution in [0.3, 0.4) is 0 Å². The molecule has 2 aromatic heterocycles. The summed E-state index contributed by atoms with van der Waals surface area (Å²) < 4.78 is 5.45. The maximum Gasteiger partial charge on any atom is 0.226 e. The van der Waals surface area contributed by atoms with Gasteiger partial charge in [-0.3, -0.25) is 4.79 Å². The summed E-state index contributed by atoms with van der Waals surface area (Å²) in [4.78, 5) is 16.4.